The Labute approximate surface area is 143 Å². The van der Waals surface area contributed by atoms with E-state index in [-0.39, 0.29) is 5.91 Å². The van der Waals surface area contributed by atoms with E-state index >= 15 is 0 Å². The van der Waals surface area contributed by atoms with E-state index in [2.05, 4.69) is 5.32 Å². The zero-order chi connectivity index (χ0) is 17.4. The molecular formula is C20H25NO3. The average Bonchev–Trinajstić information content (AvgIpc) is 2.60. The van der Waals surface area contributed by atoms with Crippen LogP contribution in [-0.2, 0) is 11.3 Å². The van der Waals surface area contributed by atoms with Crippen molar-refractivity contribution in [1.82, 2.24) is 5.32 Å². The van der Waals surface area contributed by atoms with Crippen LogP contribution in [0.5, 0.6) is 11.5 Å². The number of hydrogen-bond acceptors (Lipinski definition) is 3. The Morgan fingerprint density at radius 2 is 1.79 bits per heavy atom. The van der Waals surface area contributed by atoms with E-state index in [1.807, 2.05) is 69.3 Å². The van der Waals surface area contributed by atoms with Crippen LogP contribution in [0.2, 0.25) is 0 Å². The molecule has 128 valence electrons. The Morgan fingerprint density at radius 3 is 2.46 bits per heavy atom. The van der Waals surface area contributed by atoms with Crippen molar-refractivity contribution in [2.75, 3.05) is 6.61 Å². The van der Waals surface area contributed by atoms with Crippen LogP contribution in [0, 0.1) is 6.92 Å². The lowest BCUT2D eigenvalue weighted by molar-refractivity contribution is -0.128. The average molecular weight is 327 g/mol. The minimum absolute atomic E-state index is 0.121. The molecule has 0 fully saturated rings. The number of rotatable bonds is 8. The fourth-order valence-electron chi connectivity index (χ4n) is 2.35. The summed E-state index contributed by atoms with van der Waals surface area (Å²) in [5.74, 6) is 1.38. The van der Waals surface area contributed by atoms with Gasteiger partial charge >= 0.3 is 0 Å². The van der Waals surface area contributed by atoms with Gasteiger partial charge in [-0.25, -0.2) is 0 Å². The molecule has 1 N–H and O–H groups in total. The van der Waals surface area contributed by atoms with Crippen molar-refractivity contribution in [3.05, 3.63) is 59.7 Å². The summed E-state index contributed by atoms with van der Waals surface area (Å²) in [6, 6.07) is 15.4. The topological polar surface area (TPSA) is 47.6 Å². The fraction of sp³-hybridized carbons (Fsp3) is 0.350. The quantitative estimate of drug-likeness (QED) is 0.801. The highest BCUT2D eigenvalue weighted by Crippen LogP contribution is 2.18. The molecule has 0 aliphatic rings. The minimum Gasteiger partial charge on any atom is -0.494 e. The molecule has 0 aromatic heterocycles. The second-order valence-electron chi connectivity index (χ2n) is 5.59. The summed E-state index contributed by atoms with van der Waals surface area (Å²) in [5.41, 5.74) is 2.12. The summed E-state index contributed by atoms with van der Waals surface area (Å²) in [5, 5.41) is 2.94. The second kappa shape index (κ2) is 8.96. The lowest BCUT2D eigenvalue weighted by Gasteiger charge is -2.18. The number of carbonyl (C=O) groups excluding carboxylic acids is 1. The molecule has 2 rings (SSSR count). The summed E-state index contributed by atoms with van der Waals surface area (Å²) in [7, 11) is 0. The van der Waals surface area contributed by atoms with Crippen molar-refractivity contribution >= 4 is 5.91 Å². The molecule has 2 aromatic rings. The standard InChI is InChI=1S/C20H25NO3/c1-4-18(24-17-12-10-15(3)11-13-17)20(22)21-14-16-8-6-7-9-19(16)23-5-2/h6-13,18H,4-5,14H2,1-3H3,(H,21,22)/t18-/m1/s1. The largest absolute Gasteiger partial charge is 0.494 e. The van der Waals surface area contributed by atoms with Gasteiger partial charge in [0.05, 0.1) is 6.61 Å². The van der Waals surface area contributed by atoms with Gasteiger partial charge in [0.15, 0.2) is 6.10 Å². The number of benzene rings is 2. The molecule has 2 aromatic carbocycles. The third-order valence-electron chi connectivity index (χ3n) is 3.69. The molecule has 0 radical (unpaired) electrons. The van der Waals surface area contributed by atoms with Gasteiger partial charge in [-0.15, -0.1) is 0 Å². The first-order valence-corrected chi connectivity index (χ1v) is 8.35. The van der Waals surface area contributed by atoms with E-state index in [4.69, 9.17) is 9.47 Å². The minimum atomic E-state index is -0.507. The monoisotopic (exact) mass is 327 g/mol. The maximum absolute atomic E-state index is 12.4. The van der Waals surface area contributed by atoms with Crippen LogP contribution >= 0.6 is 0 Å². The third-order valence-corrected chi connectivity index (χ3v) is 3.69. The van der Waals surface area contributed by atoms with Gasteiger partial charge in [0.1, 0.15) is 11.5 Å². The highest BCUT2D eigenvalue weighted by molar-refractivity contribution is 5.81. The number of amides is 1. The number of para-hydroxylation sites is 1. The van der Waals surface area contributed by atoms with Crippen LogP contribution < -0.4 is 14.8 Å². The van der Waals surface area contributed by atoms with Crippen molar-refractivity contribution in [3.63, 3.8) is 0 Å². The van der Waals surface area contributed by atoms with Gasteiger partial charge in [0.2, 0.25) is 0 Å². The molecule has 4 heteroatoms. The Kier molecular flexibility index (Phi) is 6.67. The van der Waals surface area contributed by atoms with E-state index in [1.54, 1.807) is 0 Å². The lowest BCUT2D eigenvalue weighted by atomic mass is 10.2. The zero-order valence-electron chi connectivity index (χ0n) is 14.5. The van der Waals surface area contributed by atoms with Crippen LogP contribution in [0.15, 0.2) is 48.5 Å². The van der Waals surface area contributed by atoms with Crippen LogP contribution in [-0.4, -0.2) is 18.6 Å². The molecule has 0 saturated carbocycles. The van der Waals surface area contributed by atoms with E-state index in [9.17, 15) is 4.79 Å². The summed E-state index contributed by atoms with van der Waals surface area (Å²) < 4.78 is 11.4. The predicted molar refractivity (Wildman–Crippen MR) is 95.3 cm³/mol. The molecule has 0 saturated heterocycles. The van der Waals surface area contributed by atoms with Crippen LogP contribution in [0.1, 0.15) is 31.4 Å². The van der Waals surface area contributed by atoms with E-state index < -0.39 is 6.10 Å². The first-order valence-electron chi connectivity index (χ1n) is 8.35. The van der Waals surface area contributed by atoms with Gasteiger partial charge in [-0.1, -0.05) is 42.8 Å². The summed E-state index contributed by atoms with van der Waals surface area (Å²) >= 11 is 0. The molecule has 0 bridgehead atoms. The number of carbonyl (C=O) groups is 1. The first-order chi connectivity index (χ1) is 11.6. The molecule has 0 aliphatic carbocycles. The van der Waals surface area contributed by atoms with Gasteiger partial charge in [0.25, 0.3) is 5.91 Å². The number of nitrogens with one attached hydrogen (secondary N) is 1. The van der Waals surface area contributed by atoms with E-state index in [0.29, 0.717) is 25.3 Å². The maximum atomic E-state index is 12.4. The molecule has 0 unspecified atom stereocenters. The van der Waals surface area contributed by atoms with E-state index in [1.165, 1.54) is 0 Å². The zero-order valence-corrected chi connectivity index (χ0v) is 14.5. The third kappa shape index (κ3) is 5.01. The molecule has 24 heavy (non-hydrogen) atoms. The summed E-state index contributed by atoms with van der Waals surface area (Å²) in [6.07, 6.45) is 0.0965. The normalized spacial score (nSPS) is 11.6. The van der Waals surface area contributed by atoms with Gasteiger partial charge < -0.3 is 14.8 Å². The van der Waals surface area contributed by atoms with Gasteiger partial charge in [-0.2, -0.15) is 0 Å². The van der Waals surface area contributed by atoms with Crippen LogP contribution in [0.4, 0.5) is 0 Å². The SMILES string of the molecule is CCOc1ccccc1CNC(=O)[C@@H](CC)Oc1ccc(C)cc1. The van der Waals surface area contributed by atoms with Crippen molar-refractivity contribution in [3.8, 4) is 11.5 Å². The van der Waals surface area contributed by atoms with Crippen molar-refractivity contribution in [2.24, 2.45) is 0 Å². The highest BCUT2D eigenvalue weighted by atomic mass is 16.5. The van der Waals surface area contributed by atoms with Gasteiger partial charge in [-0.3, -0.25) is 4.79 Å². The fourth-order valence-corrected chi connectivity index (χ4v) is 2.35. The Bertz CT molecular complexity index is 652. The summed E-state index contributed by atoms with van der Waals surface area (Å²) in [4.78, 5) is 12.4. The molecule has 1 amide bonds. The molecule has 0 spiro atoms. The Morgan fingerprint density at radius 1 is 1.08 bits per heavy atom. The Hall–Kier alpha value is -2.49. The molecular weight excluding hydrogens is 302 g/mol. The number of aryl methyl sites for hydroxylation is 1. The van der Waals surface area contributed by atoms with Crippen molar-refractivity contribution in [2.45, 2.75) is 39.8 Å². The summed E-state index contributed by atoms with van der Waals surface area (Å²) in [6.45, 7) is 6.91. The second-order valence-corrected chi connectivity index (χ2v) is 5.59. The first kappa shape index (κ1) is 17.9. The van der Waals surface area contributed by atoms with Crippen molar-refractivity contribution < 1.29 is 14.3 Å². The molecule has 0 aliphatic heterocycles. The van der Waals surface area contributed by atoms with E-state index in [0.717, 1.165) is 16.9 Å². The van der Waals surface area contributed by atoms with Crippen LogP contribution in [0.3, 0.4) is 0 Å². The maximum Gasteiger partial charge on any atom is 0.261 e. The van der Waals surface area contributed by atoms with Gasteiger partial charge in [-0.05, 0) is 38.5 Å². The number of ether oxygens (including phenoxy) is 2. The molecule has 4 nitrogen and oxygen atoms in total. The molecule has 1 atom stereocenters. The smallest absolute Gasteiger partial charge is 0.261 e. The lowest BCUT2D eigenvalue weighted by Crippen LogP contribution is -2.37. The van der Waals surface area contributed by atoms with Crippen molar-refractivity contribution in [1.29, 1.82) is 0 Å². The predicted octanol–water partition coefficient (Wildman–Crippen LogP) is 3.87. The van der Waals surface area contributed by atoms with Crippen LogP contribution in [0.25, 0.3) is 0 Å². The Balaban J connectivity index is 1.96. The molecule has 0 heterocycles. The number of hydrogen-bond donors (Lipinski definition) is 1. The highest BCUT2D eigenvalue weighted by Gasteiger charge is 2.18. The van der Waals surface area contributed by atoms with Gasteiger partial charge in [0, 0.05) is 12.1 Å².